The number of hydrogen-bond acceptors (Lipinski definition) is 2. The van der Waals surface area contributed by atoms with Crippen LogP contribution in [0.4, 0.5) is 5.69 Å². The molecule has 0 atom stereocenters. The van der Waals surface area contributed by atoms with Gasteiger partial charge in [0.1, 0.15) is 11.2 Å². The predicted molar refractivity (Wildman–Crippen MR) is 226 cm³/mol. The molecular weight excluding hydrogens is 655 g/mol. The SMILES string of the molecule is CC1(C)c2ccccc2C2(c3ccccc3-c3ccc(N/C=C/C=C(\C=C/c4ccc5oc6ccccc6c5c4)c4ccccc4)cc32)c2ccccc21. The van der Waals surface area contributed by atoms with E-state index >= 15 is 0 Å². The molecule has 2 aliphatic rings. The molecule has 1 heterocycles. The highest BCUT2D eigenvalue weighted by Gasteiger charge is 2.53. The summed E-state index contributed by atoms with van der Waals surface area (Å²) in [5.41, 5.74) is 16.5. The van der Waals surface area contributed by atoms with Crippen LogP contribution in [0.25, 0.3) is 44.7 Å². The summed E-state index contributed by atoms with van der Waals surface area (Å²) < 4.78 is 6.07. The van der Waals surface area contributed by atoms with Crippen LogP contribution in [0.3, 0.4) is 0 Å². The second-order valence-corrected chi connectivity index (χ2v) is 15.0. The van der Waals surface area contributed by atoms with Gasteiger partial charge in [0, 0.05) is 28.1 Å². The maximum Gasteiger partial charge on any atom is 0.135 e. The molecule has 0 amide bonds. The summed E-state index contributed by atoms with van der Waals surface area (Å²) in [7, 11) is 0. The molecule has 0 bridgehead atoms. The molecule has 7 aromatic carbocycles. The van der Waals surface area contributed by atoms with E-state index in [-0.39, 0.29) is 5.41 Å². The number of allylic oxidation sites excluding steroid dienone is 4. The molecule has 1 aromatic heterocycles. The van der Waals surface area contributed by atoms with Crippen LogP contribution >= 0.6 is 0 Å². The zero-order valence-electron chi connectivity index (χ0n) is 30.4. The van der Waals surface area contributed by atoms with Crippen molar-refractivity contribution in [1.29, 1.82) is 0 Å². The van der Waals surface area contributed by atoms with E-state index in [0.29, 0.717) is 0 Å². The highest BCUT2D eigenvalue weighted by molar-refractivity contribution is 6.05. The highest BCUT2D eigenvalue weighted by atomic mass is 16.3. The van der Waals surface area contributed by atoms with Crippen LogP contribution in [0.5, 0.6) is 0 Å². The van der Waals surface area contributed by atoms with Crippen molar-refractivity contribution in [2.24, 2.45) is 0 Å². The van der Waals surface area contributed by atoms with Gasteiger partial charge in [0.05, 0.1) is 5.41 Å². The minimum atomic E-state index is -0.410. The molecule has 0 radical (unpaired) electrons. The van der Waals surface area contributed by atoms with Gasteiger partial charge in [0.15, 0.2) is 0 Å². The first-order chi connectivity index (χ1) is 26.5. The van der Waals surface area contributed by atoms with E-state index in [1.54, 1.807) is 0 Å². The van der Waals surface area contributed by atoms with E-state index in [4.69, 9.17) is 4.42 Å². The quantitative estimate of drug-likeness (QED) is 0.175. The molecule has 0 saturated carbocycles. The Labute approximate surface area is 316 Å². The molecular formula is C52H39NO. The molecule has 1 spiro atoms. The Balaban J connectivity index is 1.02. The first kappa shape index (κ1) is 32.0. The third kappa shape index (κ3) is 4.87. The fraction of sp³-hybridized carbons (Fsp3) is 0.0769. The third-order valence-electron chi connectivity index (χ3n) is 11.6. The Hall–Kier alpha value is -6.64. The Morgan fingerprint density at radius 1 is 0.537 bits per heavy atom. The monoisotopic (exact) mass is 693 g/mol. The zero-order chi connectivity index (χ0) is 36.3. The maximum atomic E-state index is 6.07. The van der Waals surface area contributed by atoms with E-state index in [1.165, 1.54) is 44.5 Å². The van der Waals surface area contributed by atoms with Crippen molar-refractivity contribution in [3.8, 4) is 11.1 Å². The van der Waals surface area contributed by atoms with Gasteiger partial charge in [0.25, 0.3) is 0 Å². The van der Waals surface area contributed by atoms with Crippen LogP contribution in [0, 0.1) is 0 Å². The number of furan rings is 1. The van der Waals surface area contributed by atoms with E-state index in [2.05, 4.69) is 195 Å². The standard InChI is InChI=1S/C52H39NO/c1-51(2)44-21-9-11-23-46(44)52(47-24-12-10-22-45(47)51)43-20-8-6-18-39(43)40-30-29-38(34-48(40)52)53-32-14-17-37(36-15-4-3-5-16-36)28-26-35-27-31-50-42(33-35)41-19-7-13-25-49(41)54-50/h3-34,53H,1-2H3/b28-26-,32-14+,37-17+. The Bertz CT molecular complexity index is 2780. The largest absolute Gasteiger partial charge is 0.456 e. The number of para-hydroxylation sites is 1. The van der Waals surface area contributed by atoms with Gasteiger partial charge in [-0.2, -0.15) is 0 Å². The van der Waals surface area contributed by atoms with E-state index in [1.807, 2.05) is 18.3 Å². The van der Waals surface area contributed by atoms with Crippen LogP contribution < -0.4 is 5.32 Å². The van der Waals surface area contributed by atoms with Gasteiger partial charge in [-0.1, -0.05) is 166 Å². The molecule has 0 fully saturated rings. The Morgan fingerprint density at radius 3 is 1.94 bits per heavy atom. The third-order valence-corrected chi connectivity index (χ3v) is 11.6. The highest BCUT2D eigenvalue weighted by Crippen LogP contribution is 2.62. The van der Waals surface area contributed by atoms with Crippen LogP contribution in [-0.4, -0.2) is 0 Å². The fourth-order valence-corrected chi connectivity index (χ4v) is 9.16. The van der Waals surface area contributed by atoms with E-state index in [0.717, 1.165) is 44.3 Å². The number of anilines is 1. The number of fused-ring (bicyclic) bond motifs is 12. The lowest BCUT2D eigenvalue weighted by Crippen LogP contribution is -2.40. The molecule has 8 aromatic rings. The van der Waals surface area contributed by atoms with Crippen LogP contribution in [0.2, 0.25) is 0 Å². The summed E-state index contributed by atoms with van der Waals surface area (Å²) in [6.45, 7) is 4.74. The molecule has 1 N–H and O–H groups in total. The molecule has 0 unspecified atom stereocenters. The average Bonchev–Trinajstić information content (AvgIpc) is 3.73. The Kier molecular flexibility index (Phi) is 7.42. The van der Waals surface area contributed by atoms with Crippen molar-refractivity contribution >= 4 is 39.3 Å². The van der Waals surface area contributed by atoms with Gasteiger partial charge in [-0.05, 0) is 97.6 Å². The number of hydrogen-bond donors (Lipinski definition) is 1. The topological polar surface area (TPSA) is 25.2 Å². The normalized spacial score (nSPS) is 15.1. The predicted octanol–water partition coefficient (Wildman–Crippen LogP) is 13.3. The van der Waals surface area contributed by atoms with E-state index in [9.17, 15) is 0 Å². The molecule has 10 rings (SSSR count). The first-order valence-electron chi connectivity index (χ1n) is 18.8. The first-order valence-corrected chi connectivity index (χ1v) is 18.8. The average molecular weight is 694 g/mol. The van der Waals surface area contributed by atoms with Crippen LogP contribution in [0.1, 0.15) is 58.4 Å². The van der Waals surface area contributed by atoms with Gasteiger partial charge in [0.2, 0.25) is 0 Å². The summed E-state index contributed by atoms with van der Waals surface area (Å²) in [4.78, 5) is 0. The lowest BCUT2D eigenvalue weighted by molar-refractivity contribution is 0.563. The van der Waals surface area contributed by atoms with Crippen molar-refractivity contribution in [3.63, 3.8) is 0 Å². The molecule has 2 nitrogen and oxygen atoms in total. The molecule has 258 valence electrons. The van der Waals surface area contributed by atoms with Crippen LogP contribution in [-0.2, 0) is 10.8 Å². The van der Waals surface area contributed by atoms with Crippen LogP contribution in [0.15, 0.2) is 193 Å². The van der Waals surface area contributed by atoms with Crippen molar-refractivity contribution in [2.75, 3.05) is 5.32 Å². The zero-order valence-corrected chi connectivity index (χ0v) is 30.4. The molecule has 2 heteroatoms. The van der Waals surface area contributed by atoms with Gasteiger partial charge < -0.3 is 9.73 Å². The lowest BCUT2D eigenvalue weighted by Gasteiger charge is -2.46. The fourth-order valence-electron chi connectivity index (χ4n) is 9.16. The van der Waals surface area contributed by atoms with Gasteiger partial charge in [-0.25, -0.2) is 0 Å². The lowest BCUT2D eigenvalue weighted by atomic mass is 9.55. The summed E-state index contributed by atoms with van der Waals surface area (Å²) in [6.07, 6.45) is 10.7. The number of rotatable bonds is 6. The summed E-state index contributed by atoms with van der Waals surface area (Å²) >= 11 is 0. The molecule has 54 heavy (non-hydrogen) atoms. The number of benzene rings is 7. The van der Waals surface area contributed by atoms with E-state index < -0.39 is 5.41 Å². The molecule has 2 aliphatic carbocycles. The molecule has 0 saturated heterocycles. The smallest absolute Gasteiger partial charge is 0.135 e. The number of nitrogens with one attached hydrogen (secondary N) is 1. The minimum absolute atomic E-state index is 0.119. The Morgan fingerprint density at radius 2 is 1.17 bits per heavy atom. The van der Waals surface area contributed by atoms with Gasteiger partial charge in [-0.15, -0.1) is 0 Å². The second-order valence-electron chi connectivity index (χ2n) is 15.0. The maximum absolute atomic E-state index is 6.07. The van der Waals surface area contributed by atoms with Gasteiger partial charge in [-0.3, -0.25) is 0 Å². The summed E-state index contributed by atoms with van der Waals surface area (Å²) in [5, 5.41) is 5.91. The second kappa shape index (κ2) is 12.5. The summed E-state index contributed by atoms with van der Waals surface area (Å²) in [6, 6.07) is 59.2. The van der Waals surface area contributed by atoms with Crippen molar-refractivity contribution in [1.82, 2.24) is 0 Å². The van der Waals surface area contributed by atoms with Crippen molar-refractivity contribution in [3.05, 3.63) is 233 Å². The minimum Gasteiger partial charge on any atom is -0.456 e. The molecule has 0 aliphatic heterocycles. The van der Waals surface area contributed by atoms with Crippen molar-refractivity contribution in [2.45, 2.75) is 24.7 Å². The summed E-state index contributed by atoms with van der Waals surface area (Å²) in [5.74, 6) is 0. The van der Waals surface area contributed by atoms with Crippen molar-refractivity contribution < 1.29 is 4.42 Å². The van der Waals surface area contributed by atoms with Gasteiger partial charge >= 0.3 is 0 Å².